The Kier molecular flexibility index (Phi) is 14.3. The van der Waals surface area contributed by atoms with Crippen molar-refractivity contribution in [2.24, 2.45) is 0 Å². The van der Waals surface area contributed by atoms with Crippen molar-refractivity contribution in [2.45, 2.75) is 6.68 Å². The maximum atomic E-state index is 9.67. The van der Waals surface area contributed by atoms with E-state index < -0.39 is 6.68 Å². The maximum absolute atomic E-state index is 9.67. The highest BCUT2D eigenvalue weighted by atomic mass is 79.9. The highest BCUT2D eigenvalue weighted by molar-refractivity contribution is 9.08. The monoisotopic (exact) mass is 164 g/mol. The van der Waals surface area contributed by atoms with E-state index in [0.29, 0.717) is 0 Å². The van der Waals surface area contributed by atoms with Gasteiger partial charge in [0.25, 0.3) is 0 Å². The molecule has 0 aliphatic heterocycles. The summed E-state index contributed by atoms with van der Waals surface area (Å²) in [6.45, 7) is -3.67. The molecule has 0 aliphatic carbocycles. The zero-order valence-electron chi connectivity index (χ0n) is 3.09. The van der Waals surface area contributed by atoms with Crippen LogP contribution in [0.3, 0.4) is 0 Å². The number of hydrogen-bond acceptors (Lipinski definition) is 0. The van der Waals surface area contributed by atoms with E-state index in [1.165, 1.54) is 0 Å². The van der Waals surface area contributed by atoms with Crippen molar-refractivity contribution in [3.05, 3.63) is 0 Å². The lowest BCUT2D eigenvalue weighted by Crippen LogP contribution is -1.65. The van der Waals surface area contributed by atoms with Gasteiger partial charge in [-0.2, -0.15) is 13.2 Å². The molecule has 0 aromatic rings. The summed E-state index contributed by atoms with van der Waals surface area (Å²) in [5, 5.41) is 0. The van der Waals surface area contributed by atoms with Crippen LogP contribution in [0.25, 0.3) is 0 Å². The van der Waals surface area contributed by atoms with Crippen LogP contribution in [0.2, 0.25) is 0 Å². The summed E-state index contributed by atoms with van der Waals surface area (Å²) in [4.78, 5) is 0. The molecule has 0 unspecified atom stereocenters. The van der Waals surface area contributed by atoms with Gasteiger partial charge in [-0.05, 0) is 5.83 Å². The Morgan fingerprint density at radius 2 is 1.17 bits per heavy atom. The van der Waals surface area contributed by atoms with Crippen molar-refractivity contribution >= 4 is 15.9 Å². The highest BCUT2D eigenvalue weighted by Crippen LogP contribution is 1.87. The van der Waals surface area contributed by atoms with Crippen LogP contribution in [0.4, 0.5) is 13.2 Å². The molecule has 0 spiro atoms. The van der Waals surface area contributed by atoms with Crippen LogP contribution in [0, 0.1) is 0 Å². The summed E-state index contributed by atoms with van der Waals surface area (Å²) < 4.78 is 29.0. The Morgan fingerprint density at radius 1 is 1.17 bits per heavy atom. The van der Waals surface area contributed by atoms with E-state index in [9.17, 15) is 13.2 Å². The second-order valence-electron chi connectivity index (χ2n) is 0.247. The van der Waals surface area contributed by atoms with E-state index >= 15 is 0 Å². The predicted molar refractivity (Wildman–Crippen MR) is 22.0 cm³/mol. The Labute approximate surface area is 42.5 Å². The quantitative estimate of drug-likeness (QED) is 0.482. The van der Waals surface area contributed by atoms with Crippen LogP contribution >= 0.6 is 15.9 Å². The summed E-state index contributed by atoms with van der Waals surface area (Å²) in [5.41, 5.74) is 0. The van der Waals surface area contributed by atoms with Gasteiger partial charge in [-0.3, -0.25) is 0 Å². The van der Waals surface area contributed by atoms with E-state index in [4.69, 9.17) is 0 Å². The molecule has 4 heteroatoms. The second-order valence-corrected chi connectivity index (χ2v) is 0.247. The lowest BCUT2D eigenvalue weighted by molar-refractivity contribution is 0.00819. The molecule has 0 saturated heterocycles. The van der Waals surface area contributed by atoms with Crippen molar-refractivity contribution in [3.63, 3.8) is 0 Å². The summed E-state index contributed by atoms with van der Waals surface area (Å²) in [6, 6.07) is 0. The van der Waals surface area contributed by atoms with Crippen LogP contribution in [-0.2, 0) is 0 Å². The van der Waals surface area contributed by atoms with Crippen molar-refractivity contribution in [2.75, 3.05) is 5.83 Å². The molecule has 0 N–H and O–H groups in total. The number of rotatable bonds is 0. The van der Waals surface area contributed by atoms with Crippen molar-refractivity contribution in [1.82, 2.24) is 0 Å². The Morgan fingerprint density at radius 3 is 1.17 bits per heavy atom. The van der Waals surface area contributed by atoms with Gasteiger partial charge in [0.15, 0.2) is 0 Å². The number of halogens is 4. The van der Waals surface area contributed by atoms with E-state index in [1.807, 2.05) is 5.83 Å². The molecule has 0 fully saturated rings. The molecule has 0 saturated carbocycles. The summed E-state index contributed by atoms with van der Waals surface area (Å²) in [5.74, 6) is 1.81. The normalized spacial score (nSPS) is 7.00. The van der Waals surface area contributed by atoms with Gasteiger partial charge in [0, 0.05) is 0 Å². The minimum atomic E-state index is -3.67. The average Bonchev–Trinajstić information content (AvgIpc) is 1.41. The van der Waals surface area contributed by atoms with Gasteiger partial charge >= 0.3 is 6.68 Å². The molecule has 0 aliphatic rings. The summed E-state index contributed by atoms with van der Waals surface area (Å²) in [6.07, 6.45) is 0. The smallest absolute Gasteiger partial charge is 0.174 e. The fourth-order valence-electron chi connectivity index (χ4n) is 0. The molecule has 0 aromatic heterocycles. The molecule has 0 heterocycles. The first-order valence-electron chi connectivity index (χ1n) is 1.03. The first kappa shape index (κ1) is 9.55. The third-order valence-electron chi connectivity index (χ3n) is 0. The Bertz CT molecular complexity index is 13.5. The van der Waals surface area contributed by atoms with Gasteiger partial charge < -0.3 is 0 Å². The Balaban J connectivity index is 0. The molecular weight excluding hydrogens is 161 g/mol. The van der Waals surface area contributed by atoms with Gasteiger partial charge in [-0.25, -0.2) is 0 Å². The van der Waals surface area contributed by atoms with Gasteiger partial charge in [0.1, 0.15) is 0 Å². The predicted octanol–water partition coefficient (Wildman–Crippen LogP) is 2.19. The largest absolute Gasteiger partial charge is 0.379 e. The molecule has 40 valence electrons. The average molecular weight is 165 g/mol. The molecule has 0 aromatic carbocycles. The van der Waals surface area contributed by atoms with Crippen LogP contribution < -0.4 is 0 Å². The molecule has 0 amide bonds. The molecule has 0 bridgehead atoms. The topological polar surface area (TPSA) is 0 Å². The van der Waals surface area contributed by atoms with Gasteiger partial charge in [0.2, 0.25) is 0 Å². The van der Waals surface area contributed by atoms with Crippen molar-refractivity contribution in [3.8, 4) is 0 Å². The number of alkyl halides is 4. The van der Waals surface area contributed by atoms with Gasteiger partial charge in [0.05, 0.1) is 0 Å². The van der Waals surface area contributed by atoms with E-state index in [1.54, 1.807) is 0 Å². The minimum absolute atomic E-state index is 1.81. The lowest BCUT2D eigenvalue weighted by Gasteiger charge is -1.65. The second kappa shape index (κ2) is 8.99. The fraction of sp³-hybridized carbons (Fsp3) is 1.00. The highest BCUT2D eigenvalue weighted by Gasteiger charge is 1.86. The number of hydrogen-bond donors (Lipinski definition) is 0. The third kappa shape index (κ3) is 626. The molecule has 0 rings (SSSR count). The molecule has 0 atom stereocenters. The zero-order chi connectivity index (χ0) is 5.58. The summed E-state index contributed by atoms with van der Waals surface area (Å²) in [7, 11) is 0. The van der Waals surface area contributed by atoms with Crippen molar-refractivity contribution in [1.29, 1.82) is 0 Å². The van der Waals surface area contributed by atoms with Crippen LogP contribution in [0.15, 0.2) is 0 Å². The molecular formula is C2H4BrF3. The van der Waals surface area contributed by atoms with E-state index in [2.05, 4.69) is 15.9 Å². The van der Waals surface area contributed by atoms with Crippen LogP contribution in [0.5, 0.6) is 0 Å². The standard InChI is InChI=1S/CH3Br.CHF3/c1-2;2-1(3)4/h1H3;1H. The minimum Gasteiger partial charge on any atom is -0.174 e. The zero-order valence-corrected chi connectivity index (χ0v) is 4.68. The molecule has 6 heavy (non-hydrogen) atoms. The maximum Gasteiger partial charge on any atom is 0.379 e. The van der Waals surface area contributed by atoms with E-state index in [-0.39, 0.29) is 0 Å². The van der Waals surface area contributed by atoms with Crippen LogP contribution in [-0.4, -0.2) is 12.5 Å². The molecule has 0 nitrogen and oxygen atoms in total. The first-order chi connectivity index (χ1) is 2.73. The fourth-order valence-corrected chi connectivity index (χ4v) is 0. The van der Waals surface area contributed by atoms with Gasteiger partial charge in [-0.15, -0.1) is 0 Å². The SMILES string of the molecule is CBr.FC(F)F. The van der Waals surface area contributed by atoms with Gasteiger partial charge in [-0.1, -0.05) is 15.9 Å². The molecule has 0 radical (unpaired) electrons. The lowest BCUT2D eigenvalue weighted by atomic mass is 11.6. The Hall–Kier alpha value is 0.270. The summed E-state index contributed by atoms with van der Waals surface area (Å²) >= 11 is 2.94. The third-order valence-corrected chi connectivity index (χ3v) is 0. The van der Waals surface area contributed by atoms with Crippen LogP contribution in [0.1, 0.15) is 0 Å². The van der Waals surface area contributed by atoms with Crippen molar-refractivity contribution < 1.29 is 13.2 Å². The van der Waals surface area contributed by atoms with E-state index in [0.717, 1.165) is 0 Å². The first-order valence-corrected chi connectivity index (χ1v) is 2.62.